The first-order valence-corrected chi connectivity index (χ1v) is 8.42. The summed E-state index contributed by atoms with van der Waals surface area (Å²) in [5.41, 5.74) is 3.37. The Kier molecular flexibility index (Phi) is 3.93. The van der Waals surface area contributed by atoms with Crippen molar-refractivity contribution in [2.24, 2.45) is 0 Å². The zero-order valence-corrected chi connectivity index (χ0v) is 13.2. The van der Waals surface area contributed by atoms with Gasteiger partial charge in [-0.1, -0.05) is 42.5 Å². The Morgan fingerprint density at radius 2 is 1.74 bits per heavy atom. The van der Waals surface area contributed by atoms with Gasteiger partial charge in [0.25, 0.3) is 0 Å². The fourth-order valence-electron chi connectivity index (χ4n) is 3.50. The molecular formula is C20H21N3. The summed E-state index contributed by atoms with van der Waals surface area (Å²) in [6.45, 7) is 1.09. The van der Waals surface area contributed by atoms with Crippen LogP contribution in [0.2, 0.25) is 0 Å². The number of fused-ring (bicyclic) bond motifs is 1. The maximum Gasteiger partial charge on any atom is 0.148 e. The van der Waals surface area contributed by atoms with Crippen LogP contribution >= 0.6 is 0 Å². The highest BCUT2D eigenvalue weighted by Gasteiger charge is 2.25. The van der Waals surface area contributed by atoms with Gasteiger partial charge in [-0.15, -0.1) is 0 Å². The number of aryl methyl sites for hydroxylation is 1. The second-order valence-electron chi connectivity index (χ2n) is 6.23. The zero-order valence-electron chi connectivity index (χ0n) is 13.2. The molecule has 2 aromatic carbocycles. The Morgan fingerprint density at radius 3 is 2.61 bits per heavy atom. The molecule has 3 nitrogen and oxygen atoms in total. The molecule has 23 heavy (non-hydrogen) atoms. The molecule has 0 radical (unpaired) electrons. The highest BCUT2D eigenvalue weighted by atomic mass is 15.2. The van der Waals surface area contributed by atoms with Gasteiger partial charge >= 0.3 is 0 Å². The van der Waals surface area contributed by atoms with Crippen molar-refractivity contribution in [2.45, 2.75) is 31.7 Å². The lowest BCUT2D eigenvalue weighted by molar-refractivity contribution is 0.606. The molecule has 0 aliphatic carbocycles. The Bertz CT molecular complexity index is 785. The van der Waals surface area contributed by atoms with Crippen LogP contribution in [0.5, 0.6) is 0 Å². The third-order valence-corrected chi connectivity index (χ3v) is 4.72. The van der Waals surface area contributed by atoms with Gasteiger partial charge in [-0.25, -0.2) is 4.98 Å². The number of benzene rings is 2. The van der Waals surface area contributed by atoms with Crippen molar-refractivity contribution < 1.29 is 0 Å². The lowest BCUT2D eigenvalue weighted by Gasteiger charge is -2.25. The maximum absolute atomic E-state index is 4.83. The summed E-state index contributed by atoms with van der Waals surface area (Å²) < 4.78 is 0. The summed E-state index contributed by atoms with van der Waals surface area (Å²) >= 11 is 0. The molecule has 3 aromatic rings. The molecule has 1 fully saturated rings. The molecule has 0 bridgehead atoms. The van der Waals surface area contributed by atoms with E-state index in [1.165, 1.54) is 24.8 Å². The normalized spacial score (nSPS) is 17.7. The molecule has 2 heterocycles. The molecule has 1 atom stereocenters. The van der Waals surface area contributed by atoms with Crippen molar-refractivity contribution in [3.05, 3.63) is 66.4 Å². The van der Waals surface area contributed by atoms with Crippen molar-refractivity contribution in [3.8, 4) is 0 Å². The quantitative estimate of drug-likeness (QED) is 0.722. The highest BCUT2D eigenvalue weighted by Crippen LogP contribution is 2.27. The lowest BCUT2D eigenvalue weighted by Crippen LogP contribution is -2.30. The Labute approximate surface area is 137 Å². The van der Waals surface area contributed by atoms with Gasteiger partial charge in [0.1, 0.15) is 5.82 Å². The van der Waals surface area contributed by atoms with E-state index in [2.05, 4.69) is 40.2 Å². The number of nitrogens with zero attached hydrogens (tertiary/aromatic N) is 3. The van der Waals surface area contributed by atoms with Crippen LogP contribution in [0.3, 0.4) is 0 Å². The van der Waals surface area contributed by atoms with Gasteiger partial charge in [-0.3, -0.25) is 4.98 Å². The van der Waals surface area contributed by atoms with Crippen molar-refractivity contribution in [1.29, 1.82) is 0 Å². The summed E-state index contributed by atoms with van der Waals surface area (Å²) in [7, 11) is 0. The molecule has 1 aliphatic rings. The number of para-hydroxylation sites is 2. The van der Waals surface area contributed by atoms with Crippen LogP contribution in [-0.4, -0.2) is 22.6 Å². The number of anilines is 1. The van der Waals surface area contributed by atoms with Gasteiger partial charge in [0.15, 0.2) is 0 Å². The summed E-state index contributed by atoms with van der Waals surface area (Å²) in [5, 5.41) is 0. The van der Waals surface area contributed by atoms with Gasteiger partial charge in [-0.05, 0) is 43.4 Å². The summed E-state index contributed by atoms with van der Waals surface area (Å²) in [6, 6.07) is 19.4. The first kappa shape index (κ1) is 14.2. The van der Waals surface area contributed by atoms with E-state index in [0.717, 1.165) is 29.8 Å². The van der Waals surface area contributed by atoms with E-state index in [1.54, 1.807) is 0 Å². The highest BCUT2D eigenvalue weighted by molar-refractivity contribution is 5.75. The topological polar surface area (TPSA) is 29.0 Å². The molecule has 0 amide bonds. The SMILES string of the molecule is c1ccc(CC[C@@H]2CCCN2c2cnc3ccccc3n2)cc1. The summed E-state index contributed by atoms with van der Waals surface area (Å²) in [5.74, 6) is 1.03. The summed E-state index contributed by atoms with van der Waals surface area (Å²) in [4.78, 5) is 11.8. The predicted octanol–water partition coefficient (Wildman–Crippen LogP) is 4.23. The molecule has 1 aromatic heterocycles. The van der Waals surface area contributed by atoms with Crippen molar-refractivity contribution in [1.82, 2.24) is 9.97 Å². The Morgan fingerprint density at radius 1 is 0.957 bits per heavy atom. The molecule has 1 aliphatic heterocycles. The monoisotopic (exact) mass is 303 g/mol. The standard InChI is InChI=1S/C20H21N3/c1-2-7-16(8-3-1)12-13-17-9-6-14-23(17)20-15-21-18-10-4-5-11-19(18)22-20/h1-5,7-8,10-11,15,17H,6,9,12-14H2/t17-/m0/s1. The van der Waals surface area contributed by atoms with Crippen molar-refractivity contribution in [3.63, 3.8) is 0 Å². The number of hydrogen-bond acceptors (Lipinski definition) is 3. The minimum atomic E-state index is 0.575. The van der Waals surface area contributed by atoms with Crippen LogP contribution in [0.1, 0.15) is 24.8 Å². The minimum absolute atomic E-state index is 0.575. The molecule has 0 spiro atoms. The van der Waals surface area contributed by atoms with E-state index in [4.69, 9.17) is 4.98 Å². The van der Waals surface area contributed by atoms with Crippen molar-refractivity contribution >= 4 is 16.9 Å². The number of hydrogen-bond donors (Lipinski definition) is 0. The van der Waals surface area contributed by atoms with Crippen molar-refractivity contribution in [2.75, 3.05) is 11.4 Å². The fourth-order valence-corrected chi connectivity index (χ4v) is 3.50. The molecule has 0 saturated carbocycles. The maximum atomic E-state index is 4.83. The van der Waals surface area contributed by atoms with E-state index in [9.17, 15) is 0 Å². The first-order chi connectivity index (χ1) is 11.4. The Hall–Kier alpha value is -2.42. The van der Waals surface area contributed by atoms with Crippen LogP contribution in [0.15, 0.2) is 60.8 Å². The third kappa shape index (κ3) is 3.04. The first-order valence-electron chi connectivity index (χ1n) is 8.42. The van der Waals surface area contributed by atoms with Gasteiger partial charge < -0.3 is 4.90 Å². The summed E-state index contributed by atoms with van der Waals surface area (Å²) in [6.07, 6.45) is 6.74. The second kappa shape index (κ2) is 6.37. The zero-order chi connectivity index (χ0) is 15.5. The smallest absolute Gasteiger partial charge is 0.148 e. The average molecular weight is 303 g/mol. The fraction of sp³-hybridized carbons (Fsp3) is 0.300. The Balaban J connectivity index is 1.52. The van der Waals surface area contributed by atoms with Gasteiger partial charge in [0.05, 0.1) is 17.2 Å². The van der Waals surface area contributed by atoms with Crippen LogP contribution in [0.4, 0.5) is 5.82 Å². The minimum Gasteiger partial charge on any atom is -0.352 e. The predicted molar refractivity (Wildman–Crippen MR) is 94.7 cm³/mol. The van der Waals surface area contributed by atoms with Crippen LogP contribution in [0, 0.1) is 0 Å². The number of rotatable bonds is 4. The van der Waals surface area contributed by atoms with Gasteiger partial charge in [0, 0.05) is 12.6 Å². The molecule has 116 valence electrons. The molecular weight excluding hydrogens is 282 g/mol. The van der Waals surface area contributed by atoms with Gasteiger partial charge in [0.2, 0.25) is 0 Å². The van der Waals surface area contributed by atoms with E-state index in [1.807, 2.05) is 30.5 Å². The molecule has 4 rings (SSSR count). The van der Waals surface area contributed by atoms with E-state index < -0.39 is 0 Å². The van der Waals surface area contributed by atoms with E-state index in [-0.39, 0.29) is 0 Å². The van der Waals surface area contributed by atoms with E-state index in [0.29, 0.717) is 6.04 Å². The molecule has 0 unspecified atom stereocenters. The molecule has 0 N–H and O–H groups in total. The molecule has 3 heteroatoms. The van der Waals surface area contributed by atoms with Gasteiger partial charge in [-0.2, -0.15) is 0 Å². The second-order valence-corrected chi connectivity index (χ2v) is 6.23. The lowest BCUT2D eigenvalue weighted by atomic mass is 10.0. The largest absolute Gasteiger partial charge is 0.352 e. The average Bonchev–Trinajstić information content (AvgIpc) is 3.09. The van der Waals surface area contributed by atoms with E-state index >= 15 is 0 Å². The number of aromatic nitrogens is 2. The van der Waals surface area contributed by atoms with Crippen LogP contribution in [-0.2, 0) is 6.42 Å². The third-order valence-electron chi connectivity index (χ3n) is 4.72. The van der Waals surface area contributed by atoms with Crippen LogP contribution < -0.4 is 4.90 Å². The van der Waals surface area contributed by atoms with Crippen LogP contribution in [0.25, 0.3) is 11.0 Å². The molecule has 1 saturated heterocycles.